The summed E-state index contributed by atoms with van der Waals surface area (Å²) < 4.78 is 10.3. The molecule has 0 fully saturated rings. The van der Waals surface area contributed by atoms with Crippen LogP contribution in [0.4, 0.5) is 5.69 Å². The number of aryl methyl sites for hydroxylation is 1. The standard InChI is InChI=1S/C21H23NO5/c1-3-15-5-11-18(12-6-15)26-14-21(25)27-13-19(23)16-7-9-17(10-8-16)22-20(24)4-2/h5-12H,3-4,13-14H2,1-2H3,(H,22,24). The zero-order valence-corrected chi connectivity index (χ0v) is 15.5. The van der Waals surface area contributed by atoms with Crippen LogP contribution in [0.5, 0.6) is 5.75 Å². The molecule has 6 nitrogen and oxygen atoms in total. The van der Waals surface area contributed by atoms with Crippen molar-refractivity contribution in [2.45, 2.75) is 26.7 Å². The molecule has 27 heavy (non-hydrogen) atoms. The van der Waals surface area contributed by atoms with Crippen molar-refractivity contribution in [1.82, 2.24) is 0 Å². The third kappa shape index (κ3) is 6.58. The van der Waals surface area contributed by atoms with Crippen molar-refractivity contribution >= 4 is 23.3 Å². The average molecular weight is 369 g/mol. The number of Topliss-reactive ketones (excluding diaryl/α,β-unsaturated/α-hetero) is 1. The summed E-state index contributed by atoms with van der Waals surface area (Å²) in [6.45, 7) is 3.18. The van der Waals surface area contributed by atoms with E-state index in [9.17, 15) is 14.4 Å². The first-order valence-corrected chi connectivity index (χ1v) is 8.82. The van der Waals surface area contributed by atoms with Gasteiger partial charge in [-0.2, -0.15) is 0 Å². The van der Waals surface area contributed by atoms with Gasteiger partial charge >= 0.3 is 5.97 Å². The summed E-state index contributed by atoms with van der Waals surface area (Å²) in [5, 5.41) is 2.70. The average Bonchev–Trinajstić information content (AvgIpc) is 2.71. The molecule has 1 N–H and O–H groups in total. The third-order valence-corrected chi connectivity index (χ3v) is 3.86. The first kappa shape index (κ1) is 20.2. The Bertz CT molecular complexity index is 781. The van der Waals surface area contributed by atoms with E-state index in [1.807, 2.05) is 12.1 Å². The first-order valence-electron chi connectivity index (χ1n) is 8.82. The fourth-order valence-corrected chi connectivity index (χ4v) is 2.22. The minimum Gasteiger partial charge on any atom is -0.482 e. The fourth-order valence-electron chi connectivity index (χ4n) is 2.22. The molecule has 6 heteroatoms. The fraction of sp³-hybridized carbons (Fsp3) is 0.286. The summed E-state index contributed by atoms with van der Waals surface area (Å²) in [7, 11) is 0. The Morgan fingerprint density at radius 1 is 0.889 bits per heavy atom. The molecule has 0 saturated carbocycles. The molecule has 0 radical (unpaired) electrons. The Kier molecular flexibility index (Phi) is 7.55. The normalized spacial score (nSPS) is 10.1. The predicted octanol–water partition coefficient (Wildman–Crippen LogP) is 3.40. The zero-order valence-electron chi connectivity index (χ0n) is 15.5. The number of hydrogen-bond donors (Lipinski definition) is 1. The van der Waals surface area contributed by atoms with E-state index in [1.165, 1.54) is 5.56 Å². The Hall–Kier alpha value is -3.15. The van der Waals surface area contributed by atoms with E-state index in [1.54, 1.807) is 43.3 Å². The Balaban J connectivity index is 1.76. The maximum Gasteiger partial charge on any atom is 0.344 e. The Labute approximate surface area is 158 Å². The number of amides is 1. The van der Waals surface area contributed by atoms with Crippen LogP contribution in [0.1, 0.15) is 36.2 Å². The van der Waals surface area contributed by atoms with Gasteiger partial charge in [0.15, 0.2) is 19.0 Å². The van der Waals surface area contributed by atoms with E-state index in [2.05, 4.69) is 12.2 Å². The zero-order chi connectivity index (χ0) is 19.6. The second-order valence-corrected chi connectivity index (χ2v) is 5.85. The Morgan fingerprint density at radius 3 is 2.15 bits per heavy atom. The number of esters is 1. The lowest BCUT2D eigenvalue weighted by Crippen LogP contribution is -2.19. The number of anilines is 1. The summed E-state index contributed by atoms with van der Waals surface area (Å²) in [4.78, 5) is 35.1. The molecule has 0 atom stereocenters. The maximum atomic E-state index is 12.1. The van der Waals surface area contributed by atoms with Gasteiger partial charge in [0, 0.05) is 17.7 Å². The largest absolute Gasteiger partial charge is 0.482 e. The summed E-state index contributed by atoms with van der Waals surface area (Å²) in [6.07, 6.45) is 1.30. The van der Waals surface area contributed by atoms with Crippen LogP contribution in [0.2, 0.25) is 0 Å². The van der Waals surface area contributed by atoms with Crippen molar-refractivity contribution in [3.63, 3.8) is 0 Å². The lowest BCUT2D eigenvalue weighted by molar-refractivity contribution is -0.144. The molecule has 2 aromatic rings. The topological polar surface area (TPSA) is 81.7 Å². The van der Waals surface area contributed by atoms with Crippen LogP contribution in [0, 0.1) is 0 Å². The molecule has 142 valence electrons. The number of carbonyl (C=O) groups is 3. The number of rotatable bonds is 9. The van der Waals surface area contributed by atoms with Gasteiger partial charge in [-0.05, 0) is 48.4 Å². The van der Waals surface area contributed by atoms with Gasteiger partial charge in [0.1, 0.15) is 5.75 Å². The predicted molar refractivity (Wildman–Crippen MR) is 102 cm³/mol. The summed E-state index contributed by atoms with van der Waals surface area (Å²) in [5.74, 6) is -0.480. The highest BCUT2D eigenvalue weighted by atomic mass is 16.6. The van der Waals surface area contributed by atoms with Gasteiger partial charge in [-0.25, -0.2) is 4.79 Å². The van der Waals surface area contributed by atoms with Crippen LogP contribution in [-0.2, 0) is 20.7 Å². The van der Waals surface area contributed by atoms with E-state index in [-0.39, 0.29) is 24.9 Å². The van der Waals surface area contributed by atoms with Crippen molar-refractivity contribution < 1.29 is 23.9 Å². The molecule has 2 rings (SSSR count). The molecule has 0 aliphatic heterocycles. The molecule has 0 aromatic heterocycles. The summed E-state index contributed by atoms with van der Waals surface area (Å²) in [5.41, 5.74) is 2.18. The highest BCUT2D eigenvalue weighted by molar-refractivity contribution is 5.98. The molecule has 0 unspecified atom stereocenters. The van der Waals surface area contributed by atoms with Crippen LogP contribution in [0.15, 0.2) is 48.5 Å². The lowest BCUT2D eigenvalue weighted by atomic mass is 10.1. The monoisotopic (exact) mass is 369 g/mol. The molecule has 0 aliphatic rings. The third-order valence-electron chi connectivity index (χ3n) is 3.86. The second-order valence-electron chi connectivity index (χ2n) is 5.85. The summed E-state index contributed by atoms with van der Waals surface area (Å²) >= 11 is 0. The summed E-state index contributed by atoms with van der Waals surface area (Å²) in [6, 6.07) is 13.8. The molecule has 0 heterocycles. The molecule has 1 amide bonds. The van der Waals surface area contributed by atoms with E-state index in [0.717, 1.165) is 6.42 Å². The highest BCUT2D eigenvalue weighted by Crippen LogP contribution is 2.13. The van der Waals surface area contributed by atoms with Crippen LogP contribution >= 0.6 is 0 Å². The molecular weight excluding hydrogens is 346 g/mol. The van der Waals surface area contributed by atoms with Crippen LogP contribution < -0.4 is 10.1 Å². The van der Waals surface area contributed by atoms with Crippen LogP contribution in [0.25, 0.3) is 0 Å². The number of hydrogen-bond acceptors (Lipinski definition) is 5. The number of benzene rings is 2. The molecule has 0 spiro atoms. The van der Waals surface area contributed by atoms with Gasteiger partial charge in [0.2, 0.25) is 5.91 Å². The van der Waals surface area contributed by atoms with Gasteiger partial charge < -0.3 is 14.8 Å². The Morgan fingerprint density at radius 2 is 1.56 bits per heavy atom. The number of nitrogens with one attached hydrogen (secondary N) is 1. The SMILES string of the molecule is CCC(=O)Nc1ccc(C(=O)COC(=O)COc2ccc(CC)cc2)cc1. The van der Waals surface area contributed by atoms with Crippen LogP contribution in [0.3, 0.4) is 0 Å². The van der Waals surface area contributed by atoms with Crippen LogP contribution in [-0.4, -0.2) is 30.9 Å². The van der Waals surface area contributed by atoms with Gasteiger partial charge in [-0.3, -0.25) is 9.59 Å². The van der Waals surface area contributed by atoms with Crippen molar-refractivity contribution in [3.05, 3.63) is 59.7 Å². The van der Waals surface area contributed by atoms with Crippen molar-refractivity contribution in [2.75, 3.05) is 18.5 Å². The number of carbonyl (C=O) groups excluding carboxylic acids is 3. The van der Waals surface area contributed by atoms with Crippen molar-refractivity contribution in [3.8, 4) is 5.75 Å². The van der Waals surface area contributed by atoms with E-state index < -0.39 is 5.97 Å². The number of ether oxygens (including phenoxy) is 2. The van der Waals surface area contributed by atoms with Gasteiger partial charge in [0.05, 0.1) is 0 Å². The van der Waals surface area contributed by atoms with E-state index >= 15 is 0 Å². The molecular formula is C21H23NO5. The minimum atomic E-state index is -0.616. The maximum absolute atomic E-state index is 12.1. The quantitative estimate of drug-likeness (QED) is 0.541. The first-order chi connectivity index (χ1) is 13.0. The van der Waals surface area contributed by atoms with E-state index in [0.29, 0.717) is 23.4 Å². The lowest BCUT2D eigenvalue weighted by Gasteiger charge is -2.08. The van der Waals surface area contributed by atoms with Gasteiger partial charge in [0.25, 0.3) is 0 Å². The molecule has 0 bridgehead atoms. The van der Waals surface area contributed by atoms with Crippen molar-refractivity contribution in [1.29, 1.82) is 0 Å². The smallest absolute Gasteiger partial charge is 0.344 e. The van der Waals surface area contributed by atoms with Gasteiger partial charge in [-0.1, -0.05) is 26.0 Å². The minimum absolute atomic E-state index is 0.104. The van der Waals surface area contributed by atoms with E-state index in [4.69, 9.17) is 9.47 Å². The molecule has 0 saturated heterocycles. The number of ketones is 1. The molecule has 2 aromatic carbocycles. The molecule has 0 aliphatic carbocycles. The van der Waals surface area contributed by atoms with Gasteiger partial charge in [-0.15, -0.1) is 0 Å². The van der Waals surface area contributed by atoms with Crippen molar-refractivity contribution in [2.24, 2.45) is 0 Å². The second kappa shape index (κ2) is 10.1. The highest BCUT2D eigenvalue weighted by Gasteiger charge is 2.11.